The van der Waals surface area contributed by atoms with Gasteiger partial charge in [-0.1, -0.05) is 34.9 Å². The highest BCUT2D eigenvalue weighted by molar-refractivity contribution is 8.03. The Morgan fingerprint density at radius 1 is 0.931 bits per heavy atom. The molecular weight excluding hydrogens is 436 g/mol. The normalized spacial score (nSPS) is 11.3. The van der Waals surface area contributed by atoms with Crippen LogP contribution in [-0.2, 0) is 9.59 Å². The molecule has 0 spiro atoms. The standard InChI is InChI=1S/C16H14N6O4S3/c23-13(19-17-7-11-3-1-5-25-11)9-27-15-21-22-16(29-15)28-10-14(24)20-18-8-12-4-2-6-26-12/h1-8H,9-10H2,(H,19,23)(H,20,24)/b17-7+,18-8+. The average Bonchev–Trinajstić information content (AvgIpc) is 3.47. The summed E-state index contributed by atoms with van der Waals surface area (Å²) in [5, 5.41) is 15.6. The van der Waals surface area contributed by atoms with Crippen molar-refractivity contribution in [2.45, 2.75) is 8.68 Å². The minimum Gasteiger partial charge on any atom is -0.463 e. The van der Waals surface area contributed by atoms with Gasteiger partial charge in [0.15, 0.2) is 8.68 Å². The number of thioether (sulfide) groups is 2. The molecule has 0 aliphatic rings. The minimum atomic E-state index is -0.281. The van der Waals surface area contributed by atoms with Crippen LogP contribution in [0.5, 0.6) is 0 Å². The van der Waals surface area contributed by atoms with Crippen molar-refractivity contribution in [1.82, 2.24) is 21.0 Å². The topological polar surface area (TPSA) is 135 Å². The zero-order valence-electron chi connectivity index (χ0n) is 14.7. The number of carbonyl (C=O) groups is 2. The molecule has 29 heavy (non-hydrogen) atoms. The lowest BCUT2D eigenvalue weighted by Crippen LogP contribution is -2.19. The Morgan fingerprint density at radius 2 is 1.41 bits per heavy atom. The second-order valence-electron chi connectivity index (χ2n) is 5.03. The summed E-state index contributed by atoms with van der Waals surface area (Å²) in [6, 6.07) is 6.89. The summed E-state index contributed by atoms with van der Waals surface area (Å²) in [6.45, 7) is 0. The van der Waals surface area contributed by atoms with E-state index in [1.165, 1.54) is 59.8 Å². The van der Waals surface area contributed by atoms with E-state index in [-0.39, 0.29) is 23.3 Å². The van der Waals surface area contributed by atoms with Gasteiger partial charge in [-0.3, -0.25) is 9.59 Å². The molecule has 0 aliphatic heterocycles. The predicted octanol–water partition coefficient (Wildman–Crippen LogP) is 2.21. The van der Waals surface area contributed by atoms with Gasteiger partial charge in [-0.15, -0.1) is 10.2 Å². The summed E-state index contributed by atoms with van der Waals surface area (Å²) in [6.07, 6.45) is 5.85. The Balaban J connectivity index is 1.33. The van der Waals surface area contributed by atoms with Gasteiger partial charge in [-0.2, -0.15) is 10.2 Å². The van der Waals surface area contributed by atoms with E-state index in [0.29, 0.717) is 20.2 Å². The maximum absolute atomic E-state index is 11.8. The van der Waals surface area contributed by atoms with E-state index in [9.17, 15) is 9.59 Å². The third-order valence-corrected chi connectivity index (χ3v) is 6.08. The zero-order chi connectivity index (χ0) is 20.3. The summed E-state index contributed by atoms with van der Waals surface area (Å²) < 4.78 is 11.4. The first-order chi connectivity index (χ1) is 14.2. The lowest BCUT2D eigenvalue weighted by molar-refractivity contribution is -0.119. The van der Waals surface area contributed by atoms with E-state index < -0.39 is 0 Å². The van der Waals surface area contributed by atoms with Crippen LogP contribution in [0.1, 0.15) is 11.5 Å². The second kappa shape index (κ2) is 11.2. The van der Waals surface area contributed by atoms with Crippen LogP contribution in [0.25, 0.3) is 0 Å². The van der Waals surface area contributed by atoms with Crippen LogP contribution in [0, 0.1) is 0 Å². The monoisotopic (exact) mass is 450 g/mol. The Bertz CT molecular complexity index is 892. The van der Waals surface area contributed by atoms with Crippen molar-refractivity contribution < 1.29 is 18.4 Å². The number of hydrogen-bond acceptors (Lipinski definition) is 11. The number of hydrogen-bond donors (Lipinski definition) is 2. The highest BCUT2D eigenvalue weighted by Gasteiger charge is 2.10. The van der Waals surface area contributed by atoms with Crippen LogP contribution in [-0.4, -0.2) is 45.9 Å². The third kappa shape index (κ3) is 7.56. The van der Waals surface area contributed by atoms with E-state index in [1.807, 2.05) is 0 Å². The van der Waals surface area contributed by atoms with Gasteiger partial charge >= 0.3 is 0 Å². The highest BCUT2D eigenvalue weighted by atomic mass is 32.2. The molecule has 0 aromatic carbocycles. The zero-order valence-corrected chi connectivity index (χ0v) is 17.1. The lowest BCUT2D eigenvalue weighted by Gasteiger charge is -1.97. The first kappa shape index (κ1) is 20.8. The molecule has 0 unspecified atom stereocenters. The maximum Gasteiger partial charge on any atom is 0.250 e. The smallest absolute Gasteiger partial charge is 0.250 e. The molecule has 0 aliphatic carbocycles. The van der Waals surface area contributed by atoms with Gasteiger partial charge in [-0.25, -0.2) is 10.9 Å². The predicted molar refractivity (Wildman–Crippen MR) is 110 cm³/mol. The third-order valence-electron chi connectivity index (χ3n) is 2.89. The number of aromatic nitrogens is 2. The molecule has 2 amide bonds. The Morgan fingerprint density at radius 3 is 1.83 bits per heavy atom. The molecule has 3 aromatic heterocycles. The Hall–Kier alpha value is -2.90. The Kier molecular flexibility index (Phi) is 8.03. The van der Waals surface area contributed by atoms with E-state index in [1.54, 1.807) is 24.3 Å². The first-order valence-electron chi connectivity index (χ1n) is 7.99. The van der Waals surface area contributed by atoms with Crippen molar-refractivity contribution in [1.29, 1.82) is 0 Å². The molecule has 3 aromatic rings. The maximum atomic E-state index is 11.8. The molecule has 0 radical (unpaired) electrons. The average molecular weight is 451 g/mol. The second-order valence-corrected chi connectivity index (χ2v) is 8.45. The van der Waals surface area contributed by atoms with Crippen LogP contribution in [0.4, 0.5) is 0 Å². The van der Waals surface area contributed by atoms with E-state index in [4.69, 9.17) is 8.83 Å². The van der Waals surface area contributed by atoms with Crippen molar-refractivity contribution in [2.24, 2.45) is 10.2 Å². The summed E-state index contributed by atoms with van der Waals surface area (Å²) in [5.41, 5.74) is 4.79. The largest absolute Gasteiger partial charge is 0.463 e. The lowest BCUT2D eigenvalue weighted by atomic mass is 10.5. The van der Waals surface area contributed by atoms with Crippen LogP contribution in [0.15, 0.2) is 64.5 Å². The summed E-state index contributed by atoms with van der Waals surface area (Å²) in [7, 11) is 0. The summed E-state index contributed by atoms with van der Waals surface area (Å²) >= 11 is 3.76. The number of carbonyl (C=O) groups excluding carboxylic acids is 2. The van der Waals surface area contributed by atoms with Crippen LogP contribution in [0.2, 0.25) is 0 Å². The highest BCUT2D eigenvalue weighted by Crippen LogP contribution is 2.28. The fraction of sp³-hybridized carbons (Fsp3) is 0.125. The van der Waals surface area contributed by atoms with Crippen molar-refractivity contribution in [3.8, 4) is 0 Å². The van der Waals surface area contributed by atoms with Crippen molar-refractivity contribution in [3.05, 3.63) is 48.3 Å². The number of rotatable bonds is 10. The molecule has 0 saturated heterocycles. The molecule has 3 rings (SSSR count). The van der Waals surface area contributed by atoms with E-state index >= 15 is 0 Å². The van der Waals surface area contributed by atoms with Gasteiger partial charge in [0.2, 0.25) is 0 Å². The van der Waals surface area contributed by atoms with Crippen molar-refractivity contribution in [2.75, 3.05) is 11.5 Å². The fourth-order valence-electron chi connectivity index (χ4n) is 1.70. The number of hydrazone groups is 2. The molecular formula is C16H14N6O4S3. The van der Waals surface area contributed by atoms with Crippen LogP contribution in [0.3, 0.4) is 0 Å². The molecule has 150 valence electrons. The van der Waals surface area contributed by atoms with Crippen LogP contribution < -0.4 is 10.9 Å². The van der Waals surface area contributed by atoms with Gasteiger partial charge in [-0.05, 0) is 24.3 Å². The number of nitrogens with one attached hydrogen (secondary N) is 2. The molecule has 0 saturated carbocycles. The fourth-order valence-corrected chi connectivity index (χ4v) is 4.30. The van der Waals surface area contributed by atoms with Gasteiger partial charge in [0.1, 0.15) is 11.5 Å². The molecule has 0 bridgehead atoms. The molecule has 3 heterocycles. The van der Waals surface area contributed by atoms with E-state index in [2.05, 4.69) is 31.3 Å². The number of furan rings is 2. The van der Waals surface area contributed by atoms with E-state index in [0.717, 1.165) is 0 Å². The summed E-state index contributed by atoms with van der Waals surface area (Å²) in [5.74, 6) is 0.791. The minimum absolute atomic E-state index is 0.136. The Labute approximate surface area is 177 Å². The van der Waals surface area contributed by atoms with Gasteiger partial charge in [0.25, 0.3) is 11.8 Å². The first-order valence-corrected chi connectivity index (χ1v) is 10.8. The molecule has 0 fully saturated rings. The quantitative estimate of drug-likeness (QED) is 0.273. The molecule has 10 nitrogen and oxygen atoms in total. The molecule has 13 heteroatoms. The van der Waals surface area contributed by atoms with Gasteiger partial charge in [0, 0.05) is 0 Å². The summed E-state index contributed by atoms with van der Waals surface area (Å²) in [4.78, 5) is 23.5. The number of amides is 2. The van der Waals surface area contributed by atoms with Crippen molar-refractivity contribution >= 4 is 59.1 Å². The molecule has 0 atom stereocenters. The van der Waals surface area contributed by atoms with Gasteiger partial charge < -0.3 is 8.83 Å². The molecule has 2 N–H and O–H groups in total. The van der Waals surface area contributed by atoms with Crippen LogP contribution >= 0.6 is 34.9 Å². The van der Waals surface area contributed by atoms with Crippen molar-refractivity contribution in [3.63, 3.8) is 0 Å². The van der Waals surface area contributed by atoms with Gasteiger partial charge in [0.05, 0.1) is 36.5 Å². The SMILES string of the molecule is O=C(CSc1nnc(SCC(=O)N/N=C/c2ccco2)s1)N/N=C/c1ccco1. The number of nitrogens with zero attached hydrogens (tertiary/aromatic N) is 4.